The van der Waals surface area contributed by atoms with E-state index < -0.39 is 11.7 Å². The van der Waals surface area contributed by atoms with E-state index in [-0.39, 0.29) is 5.02 Å². The van der Waals surface area contributed by atoms with E-state index in [0.717, 1.165) is 23.0 Å². The summed E-state index contributed by atoms with van der Waals surface area (Å²) in [6.07, 6.45) is -4.45. The highest BCUT2D eigenvalue weighted by molar-refractivity contribution is 6.31. The zero-order valence-electron chi connectivity index (χ0n) is 12.0. The molecule has 1 aromatic carbocycles. The molecule has 2 nitrogen and oxygen atoms in total. The zero-order valence-corrected chi connectivity index (χ0v) is 12.7. The van der Waals surface area contributed by atoms with Gasteiger partial charge in [0, 0.05) is 30.7 Å². The highest BCUT2D eigenvalue weighted by Crippen LogP contribution is 2.36. The van der Waals surface area contributed by atoms with Gasteiger partial charge in [0.05, 0.1) is 10.6 Å². The molecule has 1 N–H and O–H groups in total. The molecular weight excluding hydrogens is 301 g/mol. The summed E-state index contributed by atoms with van der Waals surface area (Å²) >= 11 is 5.60. The molecule has 0 unspecified atom stereocenters. The molecule has 1 heterocycles. The van der Waals surface area contributed by atoms with E-state index >= 15 is 0 Å². The average Bonchev–Trinajstić information content (AvgIpc) is 2.64. The van der Waals surface area contributed by atoms with Gasteiger partial charge in [-0.1, -0.05) is 11.6 Å². The Bertz CT molecular complexity index is 660. The Balaban J connectivity index is 2.19. The second kappa shape index (κ2) is 5.64. The lowest BCUT2D eigenvalue weighted by atomic mass is 10.2. The molecule has 0 aliphatic rings. The van der Waals surface area contributed by atoms with Crippen LogP contribution in [0, 0.1) is 13.8 Å². The van der Waals surface area contributed by atoms with Crippen LogP contribution in [0.25, 0.3) is 0 Å². The first-order chi connectivity index (χ1) is 9.70. The van der Waals surface area contributed by atoms with Gasteiger partial charge in [0.1, 0.15) is 0 Å². The Hall–Kier alpha value is -1.62. The molecule has 1 aromatic heterocycles. The highest BCUT2D eigenvalue weighted by Gasteiger charge is 2.33. The van der Waals surface area contributed by atoms with Crippen molar-refractivity contribution in [3.8, 4) is 0 Å². The van der Waals surface area contributed by atoms with Gasteiger partial charge in [-0.25, -0.2) is 0 Å². The predicted molar refractivity (Wildman–Crippen MR) is 78.7 cm³/mol. The Morgan fingerprint density at radius 1 is 1.19 bits per heavy atom. The number of alkyl halides is 3. The number of rotatable bonds is 3. The van der Waals surface area contributed by atoms with E-state index in [0.29, 0.717) is 12.2 Å². The van der Waals surface area contributed by atoms with Crippen molar-refractivity contribution in [1.82, 2.24) is 4.57 Å². The second-order valence-corrected chi connectivity index (χ2v) is 5.41. The van der Waals surface area contributed by atoms with E-state index in [1.165, 1.54) is 6.07 Å². The number of anilines is 1. The van der Waals surface area contributed by atoms with Crippen molar-refractivity contribution in [2.45, 2.75) is 26.6 Å². The first-order valence-corrected chi connectivity index (χ1v) is 6.80. The number of hydrogen-bond acceptors (Lipinski definition) is 1. The third kappa shape index (κ3) is 3.35. The topological polar surface area (TPSA) is 17.0 Å². The molecule has 114 valence electrons. The monoisotopic (exact) mass is 316 g/mol. The smallest absolute Gasteiger partial charge is 0.381 e. The van der Waals surface area contributed by atoms with E-state index in [4.69, 9.17) is 11.6 Å². The van der Waals surface area contributed by atoms with Crippen LogP contribution in [0.3, 0.4) is 0 Å². The van der Waals surface area contributed by atoms with Crippen molar-refractivity contribution in [2.24, 2.45) is 7.05 Å². The molecule has 21 heavy (non-hydrogen) atoms. The fourth-order valence-electron chi connectivity index (χ4n) is 2.16. The van der Waals surface area contributed by atoms with E-state index in [1.54, 1.807) is 6.07 Å². The maximum Gasteiger partial charge on any atom is 0.417 e. The van der Waals surface area contributed by atoms with Crippen LogP contribution in [-0.4, -0.2) is 4.57 Å². The molecule has 0 atom stereocenters. The van der Waals surface area contributed by atoms with E-state index in [9.17, 15) is 13.2 Å². The first-order valence-electron chi connectivity index (χ1n) is 6.42. The summed E-state index contributed by atoms with van der Waals surface area (Å²) in [5.74, 6) is 0. The maximum absolute atomic E-state index is 12.8. The summed E-state index contributed by atoms with van der Waals surface area (Å²) in [5, 5.41) is 2.72. The minimum absolute atomic E-state index is 0.292. The number of aryl methyl sites for hydroxylation is 1. The Morgan fingerprint density at radius 3 is 2.38 bits per heavy atom. The van der Waals surface area contributed by atoms with Gasteiger partial charge in [0.25, 0.3) is 0 Å². The van der Waals surface area contributed by atoms with Gasteiger partial charge in [0.15, 0.2) is 0 Å². The molecule has 2 rings (SSSR count). The number of benzene rings is 1. The van der Waals surface area contributed by atoms with Crippen LogP contribution in [0.1, 0.15) is 22.5 Å². The van der Waals surface area contributed by atoms with Crippen LogP contribution in [0.5, 0.6) is 0 Å². The van der Waals surface area contributed by atoms with Crippen LogP contribution >= 0.6 is 11.6 Å². The van der Waals surface area contributed by atoms with Crippen molar-refractivity contribution in [1.29, 1.82) is 0 Å². The van der Waals surface area contributed by atoms with Gasteiger partial charge < -0.3 is 9.88 Å². The van der Waals surface area contributed by atoms with E-state index in [2.05, 4.69) is 5.32 Å². The molecule has 0 amide bonds. The highest BCUT2D eigenvalue weighted by atomic mass is 35.5. The van der Waals surface area contributed by atoms with Crippen LogP contribution in [-0.2, 0) is 19.8 Å². The average molecular weight is 317 g/mol. The van der Waals surface area contributed by atoms with Crippen LogP contribution in [0.2, 0.25) is 5.02 Å². The summed E-state index contributed by atoms with van der Waals surface area (Å²) < 4.78 is 40.4. The summed E-state index contributed by atoms with van der Waals surface area (Å²) in [4.78, 5) is 0. The number of hydrogen-bond donors (Lipinski definition) is 1. The lowest BCUT2D eigenvalue weighted by molar-refractivity contribution is -0.137. The zero-order chi connectivity index (χ0) is 15.8. The van der Waals surface area contributed by atoms with Crippen LogP contribution in [0.15, 0.2) is 24.3 Å². The van der Waals surface area contributed by atoms with Gasteiger partial charge in [-0.2, -0.15) is 13.2 Å². The normalized spacial score (nSPS) is 11.8. The third-order valence-corrected chi connectivity index (χ3v) is 3.96. The standard InChI is InChI=1S/C15H16ClF3N2/c1-9-6-11(10(2)21(9)3)8-20-12-4-5-14(16)13(7-12)15(17,18)19/h4-7,20H,8H2,1-3H3. The number of halogens is 4. The molecule has 6 heteroatoms. The van der Waals surface area contributed by atoms with Gasteiger partial charge >= 0.3 is 6.18 Å². The summed E-state index contributed by atoms with van der Waals surface area (Å²) in [7, 11) is 1.96. The molecule has 0 bridgehead atoms. The summed E-state index contributed by atoms with van der Waals surface area (Å²) in [6, 6.07) is 5.86. The maximum atomic E-state index is 12.8. The van der Waals surface area contributed by atoms with Crippen molar-refractivity contribution in [2.75, 3.05) is 5.32 Å². The summed E-state index contributed by atoms with van der Waals surface area (Å²) in [5.41, 5.74) is 2.82. The SMILES string of the molecule is Cc1cc(CNc2ccc(Cl)c(C(F)(F)F)c2)c(C)n1C. The third-order valence-electron chi connectivity index (χ3n) is 3.63. The minimum atomic E-state index is -4.45. The molecule has 0 aliphatic carbocycles. The fraction of sp³-hybridized carbons (Fsp3) is 0.333. The molecule has 0 spiro atoms. The van der Waals surface area contributed by atoms with Crippen LogP contribution in [0.4, 0.5) is 18.9 Å². The fourth-order valence-corrected chi connectivity index (χ4v) is 2.39. The Morgan fingerprint density at radius 2 is 1.86 bits per heavy atom. The van der Waals surface area contributed by atoms with Crippen molar-refractivity contribution < 1.29 is 13.2 Å². The molecule has 0 saturated heterocycles. The lowest BCUT2D eigenvalue weighted by Crippen LogP contribution is -2.08. The first kappa shape index (κ1) is 15.8. The minimum Gasteiger partial charge on any atom is -0.381 e. The Labute approximate surface area is 126 Å². The number of aromatic nitrogens is 1. The van der Waals surface area contributed by atoms with E-state index in [1.807, 2.05) is 31.5 Å². The number of nitrogens with one attached hydrogen (secondary N) is 1. The molecule has 2 aromatic rings. The largest absolute Gasteiger partial charge is 0.417 e. The van der Waals surface area contributed by atoms with Crippen LogP contribution < -0.4 is 5.32 Å². The second-order valence-electron chi connectivity index (χ2n) is 5.00. The lowest BCUT2D eigenvalue weighted by Gasteiger charge is -2.12. The van der Waals surface area contributed by atoms with Crippen molar-refractivity contribution >= 4 is 17.3 Å². The number of nitrogens with zero attached hydrogens (tertiary/aromatic N) is 1. The Kier molecular flexibility index (Phi) is 4.23. The van der Waals surface area contributed by atoms with Gasteiger partial charge in [0.2, 0.25) is 0 Å². The molecule has 0 aliphatic heterocycles. The predicted octanol–water partition coefficient (Wildman–Crippen LogP) is 4.93. The summed E-state index contributed by atoms with van der Waals surface area (Å²) in [6.45, 7) is 4.43. The molecular formula is C15H16ClF3N2. The van der Waals surface area contributed by atoms with Gasteiger partial charge in [-0.05, 0) is 43.7 Å². The van der Waals surface area contributed by atoms with Crippen molar-refractivity contribution in [3.05, 3.63) is 51.8 Å². The van der Waals surface area contributed by atoms with Crippen molar-refractivity contribution in [3.63, 3.8) is 0 Å². The quantitative estimate of drug-likeness (QED) is 0.850. The molecule has 0 fully saturated rings. The molecule has 0 saturated carbocycles. The van der Waals surface area contributed by atoms with Gasteiger partial charge in [-0.3, -0.25) is 0 Å². The molecule has 0 radical (unpaired) electrons. The van der Waals surface area contributed by atoms with Gasteiger partial charge in [-0.15, -0.1) is 0 Å².